The van der Waals surface area contributed by atoms with Gasteiger partial charge in [-0.25, -0.2) is 0 Å². The van der Waals surface area contributed by atoms with Crippen LogP contribution >= 0.6 is 23.2 Å². The predicted molar refractivity (Wildman–Crippen MR) is 95.1 cm³/mol. The molecule has 0 aromatic heterocycles. The van der Waals surface area contributed by atoms with Gasteiger partial charge in [-0.15, -0.1) is 0 Å². The van der Waals surface area contributed by atoms with E-state index in [1.807, 2.05) is 6.08 Å². The molecular formula is C19H14Cl2N4. The number of hydrogen-bond donors (Lipinski definition) is 1. The fourth-order valence-corrected chi connectivity index (χ4v) is 4.26. The number of halogens is 2. The summed E-state index contributed by atoms with van der Waals surface area (Å²) >= 11 is 12.2. The number of rotatable bonds is 1. The highest BCUT2D eigenvalue weighted by molar-refractivity contribution is 6.42. The molecule has 124 valence electrons. The first-order chi connectivity index (χ1) is 12.0. The van der Waals surface area contributed by atoms with Crippen LogP contribution < -0.4 is 5.73 Å². The Hall–Kier alpha value is -2.45. The molecular weight excluding hydrogens is 355 g/mol. The molecule has 2 N–H and O–H groups in total. The third kappa shape index (κ3) is 2.49. The summed E-state index contributed by atoms with van der Waals surface area (Å²) < 4.78 is 0. The Labute approximate surface area is 156 Å². The molecule has 0 fully saturated rings. The maximum Gasteiger partial charge on any atom is 0.191 e. The Morgan fingerprint density at radius 3 is 2.44 bits per heavy atom. The minimum Gasteiger partial charge on any atom is -0.399 e. The van der Waals surface area contributed by atoms with Crippen LogP contribution in [0.2, 0.25) is 10.0 Å². The molecule has 2 unspecified atom stereocenters. The third-order valence-corrected chi connectivity index (χ3v) is 5.84. The molecule has 25 heavy (non-hydrogen) atoms. The number of benzene rings is 1. The zero-order valence-corrected chi connectivity index (χ0v) is 14.8. The minimum atomic E-state index is -1.61. The molecule has 4 nitrogen and oxygen atoms in total. The molecule has 0 radical (unpaired) electrons. The van der Waals surface area contributed by atoms with E-state index < -0.39 is 11.3 Å². The number of nitriles is 3. The van der Waals surface area contributed by atoms with E-state index in [-0.39, 0.29) is 17.2 Å². The summed E-state index contributed by atoms with van der Waals surface area (Å²) in [4.78, 5) is 0. The molecule has 0 saturated heterocycles. The monoisotopic (exact) mass is 368 g/mol. The highest BCUT2D eigenvalue weighted by Gasteiger charge is 2.53. The Morgan fingerprint density at radius 1 is 1.12 bits per heavy atom. The van der Waals surface area contributed by atoms with Crippen LogP contribution in [-0.4, -0.2) is 0 Å². The summed E-state index contributed by atoms with van der Waals surface area (Å²) in [6.45, 7) is 0. The predicted octanol–water partition coefficient (Wildman–Crippen LogP) is 4.59. The minimum absolute atomic E-state index is 0.0282. The van der Waals surface area contributed by atoms with Crippen molar-refractivity contribution in [3.05, 3.63) is 56.7 Å². The average Bonchev–Trinajstić information content (AvgIpc) is 2.63. The van der Waals surface area contributed by atoms with Crippen LogP contribution in [0.25, 0.3) is 0 Å². The molecule has 2 atom stereocenters. The van der Waals surface area contributed by atoms with Gasteiger partial charge in [0.05, 0.1) is 33.5 Å². The van der Waals surface area contributed by atoms with Gasteiger partial charge < -0.3 is 5.73 Å². The SMILES string of the molecule is N#CC1=C(N)C(C#N)(C#N)C(c2ccc(Cl)c(Cl)c2)C2CCCC=C12. The lowest BCUT2D eigenvalue weighted by Gasteiger charge is -2.43. The summed E-state index contributed by atoms with van der Waals surface area (Å²) in [5.41, 5.74) is 6.46. The Morgan fingerprint density at radius 2 is 1.84 bits per heavy atom. The van der Waals surface area contributed by atoms with Crippen molar-refractivity contribution in [1.29, 1.82) is 15.8 Å². The van der Waals surface area contributed by atoms with Crippen molar-refractivity contribution >= 4 is 23.2 Å². The summed E-state index contributed by atoms with van der Waals surface area (Å²) in [7, 11) is 0. The number of nitrogens with two attached hydrogens (primary N) is 1. The maximum absolute atomic E-state index is 9.90. The van der Waals surface area contributed by atoms with Gasteiger partial charge in [0, 0.05) is 5.92 Å². The van der Waals surface area contributed by atoms with Crippen molar-refractivity contribution in [2.75, 3.05) is 0 Å². The lowest BCUT2D eigenvalue weighted by Crippen LogP contribution is -2.42. The van der Waals surface area contributed by atoms with Gasteiger partial charge in [0.2, 0.25) is 0 Å². The number of fused-ring (bicyclic) bond motifs is 1. The molecule has 1 aromatic carbocycles. The van der Waals surface area contributed by atoms with Crippen molar-refractivity contribution < 1.29 is 0 Å². The molecule has 0 heterocycles. The van der Waals surface area contributed by atoms with E-state index in [2.05, 4.69) is 18.2 Å². The third-order valence-electron chi connectivity index (χ3n) is 5.10. The quantitative estimate of drug-likeness (QED) is 0.783. The van der Waals surface area contributed by atoms with Crippen molar-refractivity contribution in [3.8, 4) is 18.2 Å². The van der Waals surface area contributed by atoms with E-state index >= 15 is 0 Å². The molecule has 0 aliphatic heterocycles. The lowest BCUT2D eigenvalue weighted by molar-refractivity contribution is 0.317. The first kappa shape index (κ1) is 17.4. The summed E-state index contributed by atoms with van der Waals surface area (Å²) in [5, 5.41) is 30.1. The molecule has 0 amide bonds. The summed E-state index contributed by atoms with van der Waals surface area (Å²) in [5.74, 6) is -0.631. The van der Waals surface area contributed by atoms with Crippen molar-refractivity contribution in [3.63, 3.8) is 0 Å². The normalized spacial score (nSPS) is 24.4. The Bertz CT molecular complexity index is 910. The number of allylic oxidation sites excluding steroid dienone is 4. The molecule has 1 aromatic rings. The number of hydrogen-bond acceptors (Lipinski definition) is 4. The fraction of sp³-hybridized carbons (Fsp3) is 0.316. The van der Waals surface area contributed by atoms with E-state index in [0.717, 1.165) is 30.4 Å². The summed E-state index contributed by atoms with van der Waals surface area (Å²) in [6.07, 6.45) is 4.56. The first-order valence-electron chi connectivity index (χ1n) is 7.88. The van der Waals surface area contributed by atoms with Crippen LogP contribution in [-0.2, 0) is 0 Å². The van der Waals surface area contributed by atoms with Crippen LogP contribution in [0.5, 0.6) is 0 Å². The molecule has 0 bridgehead atoms. The maximum atomic E-state index is 9.90. The van der Waals surface area contributed by atoms with E-state index in [9.17, 15) is 15.8 Å². The molecule has 0 spiro atoms. The molecule has 2 aliphatic rings. The zero-order valence-electron chi connectivity index (χ0n) is 13.3. The summed E-state index contributed by atoms with van der Waals surface area (Å²) in [6, 6.07) is 11.4. The second-order valence-corrected chi connectivity index (χ2v) is 7.09. The van der Waals surface area contributed by atoms with Crippen molar-refractivity contribution in [2.24, 2.45) is 17.1 Å². The van der Waals surface area contributed by atoms with Crippen LogP contribution in [0.1, 0.15) is 30.7 Å². The standard InChI is InChI=1S/C19H14Cl2N4/c20-15-6-5-11(7-16(15)21)17-13-4-2-1-3-12(13)14(8-22)18(25)19(17,9-23)10-24/h3,5-7,13,17H,1-2,4,25H2. The van der Waals surface area contributed by atoms with Crippen LogP contribution in [0, 0.1) is 45.3 Å². The molecule has 0 saturated carbocycles. The van der Waals surface area contributed by atoms with Crippen LogP contribution in [0.4, 0.5) is 0 Å². The smallest absolute Gasteiger partial charge is 0.191 e. The largest absolute Gasteiger partial charge is 0.399 e. The van der Waals surface area contributed by atoms with E-state index in [1.165, 1.54) is 0 Å². The second kappa shape index (κ2) is 6.45. The van der Waals surface area contributed by atoms with Gasteiger partial charge in [0.15, 0.2) is 5.41 Å². The van der Waals surface area contributed by atoms with E-state index in [1.54, 1.807) is 18.2 Å². The van der Waals surface area contributed by atoms with Gasteiger partial charge in [-0.2, -0.15) is 15.8 Å². The topological polar surface area (TPSA) is 97.4 Å². The van der Waals surface area contributed by atoms with Gasteiger partial charge in [-0.1, -0.05) is 35.3 Å². The first-order valence-corrected chi connectivity index (χ1v) is 8.64. The van der Waals surface area contributed by atoms with Crippen molar-refractivity contribution in [2.45, 2.75) is 25.2 Å². The molecule has 2 aliphatic carbocycles. The van der Waals surface area contributed by atoms with Crippen LogP contribution in [0.15, 0.2) is 41.1 Å². The second-order valence-electron chi connectivity index (χ2n) is 6.28. The lowest BCUT2D eigenvalue weighted by atomic mass is 9.57. The van der Waals surface area contributed by atoms with Gasteiger partial charge in [0.25, 0.3) is 0 Å². The van der Waals surface area contributed by atoms with E-state index in [4.69, 9.17) is 28.9 Å². The van der Waals surface area contributed by atoms with Gasteiger partial charge in [0.1, 0.15) is 6.07 Å². The van der Waals surface area contributed by atoms with E-state index in [0.29, 0.717) is 10.0 Å². The highest BCUT2D eigenvalue weighted by Crippen LogP contribution is 2.56. The van der Waals surface area contributed by atoms with Gasteiger partial charge in [-0.3, -0.25) is 0 Å². The molecule has 3 rings (SSSR count). The van der Waals surface area contributed by atoms with Gasteiger partial charge in [-0.05, 0) is 48.4 Å². The Balaban J connectivity index is 2.33. The molecule has 6 heteroatoms. The van der Waals surface area contributed by atoms with Crippen LogP contribution in [0.3, 0.4) is 0 Å². The highest BCUT2D eigenvalue weighted by atomic mass is 35.5. The fourth-order valence-electron chi connectivity index (χ4n) is 3.96. The van der Waals surface area contributed by atoms with Crippen molar-refractivity contribution in [1.82, 2.24) is 0 Å². The van der Waals surface area contributed by atoms with Gasteiger partial charge >= 0.3 is 0 Å². The average molecular weight is 369 g/mol. The Kier molecular flexibility index (Phi) is 4.49. The zero-order chi connectivity index (χ0) is 18.2. The number of nitrogens with zero attached hydrogens (tertiary/aromatic N) is 3.